The SMILES string of the molecule is Cc1cccc(C2C[C@H](O)c3cc(F)ccc3O2)c1C. The zero-order chi connectivity index (χ0) is 14.3. The number of rotatable bonds is 1. The van der Waals surface area contributed by atoms with Gasteiger partial charge >= 0.3 is 0 Å². The standard InChI is InChI=1S/C17H17FO2/c1-10-4-3-5-13(11(10)2)17-9-15(19)14-8-12(18)6-7-16(14)20-17/h3-8,15,17,19H,9H2,1-2H3/t15-,17?/m0/s1. The molecule has 0 aliphatic carbocycles. The molecule has 1 N–H and O–H groups in total. The highest BCUT2D eigenvalue weighted by Gasteiger charge is 2.29. The van der Waals surface area contributed by atoms with E-state index in [1.165, 1.54) is 23.3 Å². The fourth-order valence-electron chi connectivity index (χ4n) is 2.73. The summed E-state index contributed by atoms with van der Waals surface area (Å²) in [5.41, 5.74) is 3.99. The van der Waals surface area contributed by atoms with E-state index in [2.05, 4.69) is 19.9 Å². The molecule has 2 aromatic carbocycles. The summed E-state index contributed by atoms with van der Waals surface area (Å²) in [6, 6.07) is 10.4. The second-order valence-corrected chi connectivity index (χ2v) is 5.33. The maximum Gasteiger partial charge on any atom is 0.127 e. The van der Waals surface area contributed by atoms with E-state index in [1.807, 2.05) is 12.1 Å². The van der Waals surface area contributed by atoms with Crippen LogP contribution in [0.1, 0.15) is 40.9 Å². The third-order valence-corrected chi connectivity index (χ3v) is 4.03. The van der Waals surface area contributed by atoms with Crippen molar-refractivity contribution in [2.45, 2.75) is 32.5 Å². The van der Waals surface area contributed by atoms with E-state index in [0.717, 1.165) is 5.56 Å². The van der Waals surface area contributed by atoms with E-state index in [4.69, 9.17) is 4.74 Å². The zero-order valence-electron chi connectivity index (χ0n) is 11.6. The number of hydrogen-bond acceptors (Lipinski definition) is 2. The Hall–Kier alpha value is -1.87. The summed E-state index contributed by atoms with van der Waals surface area (Å²) >= 11 is 0. The minimum Gasteiger partial charge on any atom is -0.485 e. The number of aliphatic hydroxyl groups is 1. The molecule has 0 aromatic heterocycles. The molecule has 2 nitrogen and oxygen atoms in total. The first-order valence-corrected chi connectivity index (χ1v) is 6.76. The predicted octanol–water partition coefficient (Wildman–Crippen LogP) is 4.00. The van der Waals surface area contributed by atoms with Crippen LogP contribution in [-0.2, 0) is 0 Å². The van der Waals surface area contributed by atoms with E-state index in [1.54, 1.807) is 6.07 Å². The molecule has 1 heterocycles. The van der Waals surface area contributed by atoms with Crippen molar-refractivity contribution in [2.24, 2.45) is 0 Å². The van der Waals surface area contributed by atoms with Crippen LogP contribution in [0.25, 0.3) is 0 Å². The van der Waals surface area contributed by atoms with Gasteiger partial charge in [-0.25, -0.2) is 4.39 Å². The molecule has 0 spiro atoms. The second kappa shape index (κ2) is 4.91. The van der Waals surface area contributed by atoms with Crippen molar-refractivity contribution in [1.29, 1.82) is 0 Å². The Morgan fingerprint density at radius 2 is 1.95 bits per heavy atom. The molecule has 0 saturated heterocycles. The van der Waals surface area contributed by atoms with Crippen molar-refractivity contribution >= 4 is 0 Å². The molecule has 1 unspecified atom stereocenters. The minimum atomic E-state index is -0.695. The summed E-state index contributed by atoms with van der Waals surface area (Å²) in [6.07, 6.45) is -0.442. The highest BCUT2D eigenvalue weighted by molar-refractivity contribution is 5.41. The summed E-state index contributed by atoms with van der Waals surface area (Å²) in [5, 5.41) is 10.2. The van der Waals surface area contributed by atoms with Crippen LogP contribution in [0.2, 0.25) is 0 Å². The molecular formula is C17H17FO2. The van der Waals surface area contributed by atoms with Gasteiger partial charge in [-0.1, -0.05) is 18.2 Å². The van der Waals surface area contributed by atoms with Crippen LogP contribution in [0.4, 0.5) is 4.39 Å². The molecule has 0 radical (unpaired) electrons. The van der Waals surface area contributed by atoms with Crippen LogP contribution in [-0.4, -0.2) is 5.11 Å². The average Bonchev–Trinajstić information content (AvgIpc) is 2.42. The normalized spacial score (nSPS) is 21.2. The lowest BCUT2D eigenvalue weighted by atomic mass is 9.91. The highest BCUT2D eigenvalue weighted by Crippen LogP contribution is 2.41. The largest absolute Gasteiger partial charge is 0.485 e. The van der Waals surface area contributed by atoms with Gasteiger partial charge in [0.25, 0.3) is 0 Å². The van der Waals surface area contributed by atoms with Gasteiger partial charge in [-0.3, -0.25) is 0 Å². The molecule has 0 amide bonds. The van der Waals surface area contributed by atoms with Gasteiger partial charge in [0.1, 0.15) is 17.7 Å². The maximum absolute atomic E-state index is 13.2. The van der Waals surface area contributed by atoms with Crippen molar-refractivity contribution in [1.82, 2.24) is 0 Å². The van der Waals surface area contributed by atoms with Crippen molar-refractivity contribution in [3.8, 4) is 5.75 Å². The predicted molar refractivity (Wildman–Crippen MR) is 75.3 cm³/mol. The fourth-order valence-corrected chi connectivity index (χ4v) is 2.73. The number of halogens is 1. The Balaban J connectivity index is 1.99. The molecule has 104 valence electrons. The Morgan fingerprint density at radius 3 is 2.75 bits per heavy atom. The zero-order valence-corrected chi connectivity index (χ0v) is 11.6. The van der Waals surface area contributed by atoms with Gasteiger partial charge in [-0.2, -0.15) is 0 Å². The number of aryl methyl sites for hydroxylation is 1. The van der Waals surface area contributed by atoms with Crippen LogP contribution in [0, 0.1) is 19.7 Å². The third-order valence-electron chi connectivity index (χ3n) is 4.03. The minimum absolute atomic E-state index is 0.192. The Kier molecular flexibility index (Phi) is 3.22. The first-order valence-electron chi connectivity index (χ1n) is 6.76. The van der Waals surface area contributed by atoms with Gasteiger partial charge in [0, 0.05) is 12.0 Å². The molecule has 2 aromatic rings. The summed E-state index contributed by atoms with van der Waals surface area (Å²) in [4.78, 5) is 0. The lowest BCUT2D eigenvalue weighted by Crippen LogP contribution is -2.20. The molecule has 0 saturated carbocycles. The fraction of sp³-hybridized carbons (Fsp3) is 0.294. The molecule has 1 aliphatic rings. The molecular weight excluding hydrogens is 255 g/mol. The van der Waals surface area contributed by atoms with Crippen molar-refractivity contribution < 1.29 is 14.2 Å². The molecule has 3 heteroatoms. The lowest BCUT2D eigenvalue weighted by molar-refractivity contribution is 0.0650. The van der Waals surface area contributed by atoms with Crippen molar-refractivity contribution in [3.63, 3.8) is 0 Å². The molecule has 20 heavy (non-hydrogen) atoms. The van der Waals surface area contributed by atoms with Gasteiger partial charge in [-0.05, 0) is 48.7 Å². The number of aliphatic hydroxyl groups excluding tert-OH is 1. The van der Waals surface area contributed by atoms with Crippen molar-refractivity contribution in [3.05, 3.63) is 64.5 Å². The van der Waals surface area contributed by atoms with E-state index < -0.39 is 6.10 Å². The Labute approximate surface area is 117 Å². The topological polar surface area (TPSA) is 29.5 Å². The van der Waals surface area contributed by atoms with E-state index in [-0.39, 0.29) is 11.9 Å². The lowest BCUT2D eigenvalue weighted by Gasteiger charge is -2.31. The van der Waals surface area contributed by atoms with E-state index in [9.17, 15) is 9.50 Å². The highest BCUT2D eigenvalue weighted by atomic mass is 19.1. The molecule has 1 aliphatic heterocycles. The van der Waals surface area contributed by atoms with E-state index in [0.29, 0.717) is 17.7 Å². The summed E-state index contributed by atoms with van der Waals surface area (Å²) in [6.45, 7) is 4.11. The van der Waals surface area contributed by atoms with Gasteiger partial charge in [0.15, 0.2) is 0 Å². The number of ether oxygens (including phenoxy) is 1. The van der Waals surface area contributed by atoms with Gasteiger partial charge in [0.05, 0.1) is 6.10 Å². The smallest absolute Gasteiger partial charge is 0.127 e. The van der Waals surface area contributed by atoms with Gasteiger partial charge in [0.2, 0.25) is 0 Å². The van der Waals surface area contributed by atoms with Crippen LogP contribution in [0.15, 0.2) is 36.4 Å². The average molecular weight is 272 g/mol. The summed E-state index contributed by atoms with van der Waals surface area (Å²) < 4.78 is 19.2. The first-order chi connectivity index (χ1) is 9.56. The first kappa shape index (κ1) is 13.1. The van der Waals surface area contributed by atoms with Crippen molar-refractivity contribution in [2.75, 3.05) is 0 Å². The monoisotopic (exact) mass is 272 g/mol. The van der Waals surface area contributed by atoms with E-state index >= 15 is 0 Å². The Bertz CT molecular complexity index is 651. The van der Waals surface area contributed by atoms with Crippen LogP contribution in [0.3, 0.4) is 0 Å². The maximum atomic E-state index is 13.2. The van der Waals surface area contributed by atoms with Gasteiger partial charge < -0.3 is 9.84 Å². The quantitative estimate of drug-likeness (QED) is 0.850. The Morgan fingerprint density at radius 1 is 1.15 bits per heavy atom. The van der Waals surface area contributed by atoms with Crippen LogP contribution >= 0.6 is 0 Å². The number of fused-ring (bicyclic) bond motifs is 1. The summed E-state index contributed by atoms with van der Waals surface area (Å²) in [7, 11) is 0. The number of benzene rings is 2. The molecule has 0 fully saturated rings. The second-order valence-electron chi connectivity index (χ2n) is 5.33. The van der Waals surface area contributed by atoms with Crippen LogP contribution < -0.4 is 4.74 Å². The van der Waals surface area contributed by atoms with Crippen LogP contribution in [0.5, 0.6) is 5.75 Å². The summed E-state index contributed by atoms with van der Waals surface area (Å²) in [5.74, 6) is 0.215. The third kappa shape index (κ3) is 2.18. The van der Waals surface area contributed by atoms with Gasteiger partial charge in [-0.15, -0.1) is 0 Å². The molecule has 3 rings (SSSR count). The molecule has 0 bridgehead atoms. The molecule has 2 atom stereocenters. The number of hydrogen-bond donors (Lipinski definition) is 1.